The maximum absolute atomic E-state index is 9.29. The zero-order chi connectivity index (χ0) is 17.8. The predicted molar refractivity (Wildman–Crippen MR) is 99.3 cm³/mol. The Kier molecular flexibility index (Phi) is 4.01. The van der Waals surface area contributed by atoms with Gasteiger partial charge in [-0.05, 0) is 98.4 Å². The molecule has 2 N–H and O–H groups in total. The molecular weight excluding hydrogens is 312 g/mol. The Morgan fingerprint density at radius 3 is 2.64 bits per heavy atom. The van der Waals surface area contributed by atoms with Gasteiger partial charge in [-0.15, -0.1) is 0 Å². The van der Waals surface area contributed by atoms with Crippen molar-refractivity contribution in [1.82, 2.24) is 0 Å². The summed E-state index contributed by atoms with van der Waals surface area (Å²) >= 11 is 0. The van der Waals surface area contributed by atoms with Crippen LogP contribution in [0.4, 0.5) is 0 Å². The number of rotatable bonds is 1. The van der Waals surface area contributed by atoms with Gasteiger partial charge in [0.15, 0.2) is 0 Å². The Morgan fingerprint density at radius 2 is 1.92 bits per heavy atom. The maximum Gasteiger partial charge on any atom is 0.0799 e. The molecule has 0 aliphatic heterocycles. The highest BCUT2D eigenvalue weighted by atomic mass is 16.4. The molecule has 4 rings (SSSR count). The molecule has 6 atom stereocenters. The Labute approximate surface area is 151 Å². The average Bonchev–Trinajstić information content (AvgIpc) is 2.97. The normalized spacial score (nSPS) is 48.5. The first-order chi connectivity index (χ1) is 11.9. The molecule has 0 bridgehead atoms. The molecule has 4 aliphatic carbocycles. The van der Waals surface area contributed by atoms with Crippen molar-refractivity contribution in [3.05, 3.63) is 11.6 Å². The number of nitrogens with zero attached hydrogens (tertiary/aromatic N) is 2. The number of hydrogen-bond acceptors (Lipinski definition) is 4. The van der Waals surface area contributed by atoms with Crippen molar-refractivity contribution in [1.29, 1.82) is 0 Å². The lowest BCUT2D eigenvalue weighted by Crippen LogP contribution is -2.53. The second-order valence-corrected chi connectivity index (χ2v) is 9.52. The number of fused-ring (bicyclic) bond motifs is 5. The van der Waals surface area contributed by atoms with Crippen LogP contribution in [-0.2, 0) is 0 Å². The second kappa shape index (κ2) is 5.85. The molecule has 0 aromatic carbocycles. The Hall–Kier alpha value is -1.32. The molecule has 0 spiro atoms. The summed E-state index contributed by atoms with van der Waals surface area (Å²) < 4.78 is 0. The molecule has 0 amide bonds. The molecule has 0 unspecified atom stereocenters. The zero-order valence-electron chi connectivity index (χ0n) is 15.8. The molecule has 0 heterocycles. The fourth-order valence-electron chi connectivity index (χ4n) is 7.33. The summed E-state index contributed by atoms with van der Waals surface area (Å²) in [6, 6.07) is 0. The molecule has 0 aromatic rings. The van der Waals surface area contributed by atoms with Crippen LogP contribution >= 0.6 is 0 Å². The molecule has 3 fully saturated rings. The van der Waals surface area contributed by atoms with E-state index in [1.165, 1.54) is 37.7 Å². The third kappa shape index (κ3) is 2.32. The van der Waals surface area contributed by atoms with Crippen LogP contribution in [-0.4, -0.2) is 21.8 Å². The van der Waals surface area contributed by atoms with Gasteiger partial charge in [-0.3, -0.25) is 0 Å². The third-order valence-electron chi connectivity index (χ3n) is 8.76. The first kappa shape index (κ1) is 17.1. The lowest BCUT2D eigenvalue weighted by Gasteiger charge is -2.60. The largest absolute Gasteiger partial charge is 0.411 e. The number of allylic oxidation sites excluding steroid dienone is 2. The Bertz CT molecular complexity index is 652. The molecule has 4 nitrogen and oxygen atoms in total. The van der Waals surface area contributed by atoms with Crippen LogP contribution in [0.5, 0.6) is 0 Å². The van der Waals surface area contributed by atoms with Gasteiger partial charge in [0, 0.05) is 0 Å². The van der Waals surface area contributed by atoms with Gasteiger partial charge < -0.3 is 10.4 Å². The Balaban J connectivity index is 1.61. The third-order valence-corrected chi connectivity index (χ3v) is 8.76. The summed E-state index contributed by atoms with van der Waals surface area (Å²) in [4.78, 5) is 0. The van der Waals surface area contributed by atoms with E-state index in [0.717, 1.165) is 42.5 Å². The number of hydrogen-bond donors (Lipinski definition) is 2. The van der Waals surface area contributed by atoms with Crippen LogP contribution in [0.1, 0.15) is 72.1 Å². The minimum atomic E-state index is 0.188. The van der Waals surface area contributed by atoms with E-state index in [2.05, 4.69) is 30.2 Å². The average molecular weight is 344 g/mol. The van der Waals surface area contributed by atoms with Crippen LogP contribution in [0.3, 0.4) is 0 Å². The van der Waals surface area contributed by atoms with E-state index in [1.54, 1.807) is 0 Å². The molecule has 4 aliphatic rings. The van der Waals surface area contributed by atoms with Gasteiger partial charge in [0.25, 0.3) is 0 Å². The van der Waals surface area contributed by atoms with Crippen molar-refractivity contribution in [2.45, 2.75) is 72.1 Å². The summed E-state index contributed by atoms with van der Waals surface area (Å²) in [7, 11) is 0. The van der Waals surface area contributed by atoms with E-state index in [0.29, 0.717) is 17.3 Å². The van der Waals surface area contributed by atoms with E-state index >= 15 is 0 Å². The minimum Gasteiger partial charge on any atom is -0.411 e. The van der Waals surface area contributed by atoms with E-state index in [-0.39, 0.29) is 5.41 Å². The summed E-state index contributed by atoms with van der Waals surface area (Å²) in [6.45, 7) is 6.88. The molecular formula is C21H32N2O2. The van der Waals surface area contributed by atoms with E-state index < -0.39 is 0 Å². The van der Waals surface area contributed by atoms with Crippen molar-refractivity contribution in [3.8, 4) is 0 Å². The fourth-order valence-corrected chi connectivity index (χ4v) is 7.33. The van der Waals surface area contributed by atoms with Gasteiger partial charge in [-0.1, -0.05) is 30.2 Å². The van der Waals surface area contributed by atoms with Crippen molar-refractivity contribution in [2.24, 2.45) is 44.8 Å². The Morgan fingerprint density at radius 1 is 1.12 bits per heavy atom. The number of oxime groups is 2. The van der Waals surface area contributed by atoms with Crippen LogP contribution in [0, 0.1) is 34.5 Å². The second-order valence-electron chi connectivity index (χ2n) is 9.52. The van der Waals surface area contributed by atoms with Gasteiger partial charge >= 0.3 is 0 Å². The molecule has 4 heteroatoms. The van der Waals surface area contributed by atoms with Crippen LogP contribution < -0.4 is 0 Å². The first-order valence-corrected chi connectivity index (χ1v) is 10.0. The fraction of sp³-hybridized carbons (Fsp3) is 0.810. The SMILES string of the molecule is C/C(=N/O)C1=CC[C@@H]2[C@H]3CC[C@H]4C/C(=N\O)CC[C@]4(C)[C@H]3CC[C@]12C. The quantitative estimate of drug-likeness (QED) is 0.388. The topological polar surface area (TPSA) is 65.2 Å². The summed E-state index contributed by atoms with van der Waals surface area (Å²) in [6.07, 6.45) is 11.7. The van der Waals surface area contributed by atoms with E-state index in [9.17, 15) is 10.4 Å². The van der Waals surface area contributed by atoms with Gasteiger partial charge in [0.05, 0.1) is 11.4 Å². The highest BCUT2D eigenvalue weighted by Crippen LogP contribution is 2.66. The van der Waals surface area contributed by atoms with Crippen LogP contribution in [0.15, 0.2) is 22.0 Å². The van der Waals surface area contributed by atoms with Crippen molar-refractivity contribution in [3.63, 3.8) is 0 Å². The summed E-state index contributed by atoms with van der Waals surface area (Å²) in [5.41, 5.74) is 3.71. The molecule has 0 aromatic heterocycles. The van der Waals surface area contributed by atoms with Gasteiger partial charge in [0.2, 0.25) is 0 Å². The molecule has 138 valence electrons. The monoisotopic (exact) mass is 344 g/mol. The van der Waals surface area contributed by atoms with Gasteiger partial charge in [-0.25, -0.2) is 0 Å². The molecule has 25 heavy (non-hydrogen) atoms. The van der Waals surface area contributed by atoms with Crippen LogP contribution in [0.2, 0.25) is 0 Å². The zero-order valence-corrected chi connectivity index (χ0v) is 15.8. The van der Waals surface area contributed by atoms with Gasteiger partial charge in [0.1, 0.15) is 0 Å². The van der Waals surface area contributed by atoms with Crippen molar-refractivity contribution in [2.75, 3.05) is 0 Å². The minimum absolute atomic E-state index is 0.188. The highest BCUT2D eigenvalue weighted by molar-refractivity contribution is 5.99. The molecule has 0 radical (unpaired) electrons. The predicted octanol–water partition coefficient (Wildman–Crippen LogP) is 5.25. The summed E-state index contributed by atoms with van der Waals surface area (Å²) in [5, 5.41) is 25.6. The van der Waals surface area contributed by atoms with Crippen LogP contribution in [0.25, 0.3) is 0 Å². The molecule has 3 saturated carbocycles. The highest BCUT2D eigenvalue weighted by Gasteiger charge is 2.58. The first-order valence-electron chi connectivity index (χ1n) is 10.0. The van der Waals surface area contributed by atoms with Crippen molar-refractivity contribution >= 4 is 11.4 Å². The lowest BCUT2D eigenvalue weighted by atomic mass is 9.44. The standard InChI is InChI=1S/C21H32N2O2/c1-13(22-24)17-6-7-18-16-5-4-14-12-15(23-25)8-10-20(14,2)19(16)9-11-21(17,18)3/h6,14,16,18-19,24-25H,4-5,7-12H2,1-3H3/b22-13-,23-15-/t14-,16+,18+,19-,20-,21+/m0/s1. The summed E-state index contributed by atoms with van der Waals surface area (Å²) in [5.74, 6) is 2.97. The maximum atomic E-state index is 9.29. The van der Waals surface area contributed by atoms with E-state index in [4.69, 9.17) is 0 Å². The smallest absolute Gasteiger partial charge is 0.0799 e. The molecule has 0 saturated heterocycles. The van der Waals surface area contributed by atoms with Gasteiger partial charge in [-0.2, -0.15) is 0 Å². The lowest BCUT2D eigenvalue weighted by molar-refractivity contribution is -0.0866. The van der Waals surface area contributed by atoms with Crippen molar-refractivity contribution < 1.29 is 10.4 Å². The van der Waals surface area contributed by atoms with E-state index in [1.807, 2.05) is 6.92 Å².